The maximum absolute atomic E-state index is 11.9. The van der Waals surface area contributed by atoms with Crippen molar-refractivity contribution in [3.05, 3.63) is 45.6 Å². The molecule has 0 bridgehead atoms. The van der Waals surface area contributed by atoms with Crippen molar-refractivity contribution < 1.29 is 14.3 Å². The van der Waals surface area contributed by atoms with Crippen LogP contribution in [-0.2, 0) is 14.3 Å². The molecule has 6 heteroatoms. The Labute approximate surface area is 123 Å². The predicted octanol–water partition coefficient (Wildman–Crippen LogP) is 3.30. The summed E-state index contributed by atoms with van der Waals surface area (Å²) in [5.41, 5.74) is 0.845. The second-order valence-corrected chi connectivity index (χ2v) is 5.93. The summed E-state index contributed by atoms with van der Waals surface area (Å²) >= 11 is 6.70. The highest BCUT2D eigenvalue weighted by Gasteiger charge is 2.24. The van der Waals surface area contributed by atoms with Gasteiger partial charge in [0.15, 0.2) is 9.74 Å². The standard InChI is InChI=1S/C14H9NO3S2/c1-8-6-11(16)9(13(17)18-8)7-15-10-4-2-3-5-12(10)20-14(15)19/h2-7H,1H3/b9-7-. The third-order valence-corrected chi connectivity index (χ3v) is 4.23. The van der Waals surface area contributed by atoms with E-state index in [1.807, 2.05) is 24.3 Å². The van der Waals surface area contributed by atoms with Crippen LogP contribution < -0.4 is 0 Å². The summed E-state index contributed by atoms with van der Waals surface area (Å²) in [6.45, 7) is 1.57. The molecule has 1 aromatic heterocycles. The van der Waals surface area contributed by atoms with E-state index in [4.69, 9.17) is 17.0 Å². The lowest BCUT2D eigenvalue weighted by Crippen LogP contribution is -2.19. The number of carbonyl (C=O) groups excluding carboxylic acids is 2. The summed E-state index contributed by atoms with van der Waals surface area (Å²) in [5.74, 6) is -0.709. The van der Waals surface area contributed by atoms with Crippen LogP contribution in [0, 0.1) is 3.95 Å². The first kappa shape index (κ1) is 13.0. The molecule has 0 amide bonds. The molecule has 4 nitrogen and oxygen atoms in total. The molecule has 3 rings (SSSR count). The predicted molar refractivity (Wildman–Crippen MR) is 79.8 cm³/mol. The van der Waals surface area contributed by atoms with Crippen LogP contribution in [0.5, 0.6) is 0 Å². The average Bonchev–Trinajstić information content (AvgIpc) is 2.69. The summed E-state index contributed by atoms with van der Waals surface area (Å²) in [7, 11) is 0. The normalized spacial score (nSPS) is 17.4. The van der Waals surface area contributed by atoms with Crippen molar-refractivity contribution >= 4 is 51.7 Å². The number of allylic oxidation sites excluding steroid dienone is 2. The quantitative estimate of drug-likeness (QED) is 0.351. The van der Waals surface area contributed by atoms with Gasteiger partial charge in [-0.25, -0.2) is 4.79 Å². The van der Waals surface area contributed by atoms with Gasteiger partial charge in [0.2, 0.25) is 0 Å². The minimum atomic E-state index is -0.646. The number of benzene rings is 1. The van der Waals surface area contributed by atoms with E-state index in [2.05, 4.69) is 0 Å². The third kappa shape index (κ3) is 2.13. The van der Waals surface area contributed by atoms with E-state index in [1.54, 1.807) is 11.5 Å². The molecule has 1 aromatic carbocycles. The fraction of sp³-hybridized carbons (Fsp3) is 0.0714. The minimum Gasteiger partial charge on any atom is -0.427 e. The Hall–Kier alpha value is -2.05. The Morgan fingerprint density at radius 2 is 2.05 bits per heavy atom. The topological polar surface area (TPSA) is 48.3 Å². The smallest absolute Gasteiger partial charge is 0.348 e. The largest absolute Gasteiger partial charge is 0.427 e. The molecule has 0 fully saturated rings. The van der Waals surface area contributed by atoms with Crippen molar-refractivity contribution in [2.75, 3.05) is 0 Å². The Morgan fingerprint density at radius 1 is 1.30 bits per heavy atom. The zero-order valence-corrected chi connectivity index (χ0v) is 12.1. The van der Waals surface area contributed by atoms with Gasteiger partial charge >= 0.3 is 5.97 Å². The van der Waals surface area contributed by atoms with E-state index < -0.39 is 5.97 Å². The van der Waals surface area contributed by atoms with Crippen LogP contribution in [-0.4, -0.2) is 16.3 Å². The van der Waals surface area contributed by atoms with E-state index >= 15 is 0 Å². The molecule has 0 N–H and O–H groups in total. The number of aromatic nitrogens is 1. The van der Waals surface area contributed by atoms with Crippen molar-refractivity contribution in [3.8, 4) is 0 Å². The Kier molecular flexibility index (Phi) is 3.11. The van der Waals surface area contributed by atoms with Gasteiger partial charge in [0.05, 0.1) is 10.2 Å². The number of ether oxygens (including phenoxy) is 1. The summed E-state index contributed by atoms with van der Waals surface area (Å²) in [5, 5.41) is 0. The maximum Gasteiger partial charge on any atom is 0.348 e. The lowest BCUT2D eigenvalue weighted by atomic mass is 10.1. The number of esters is 1. The first-order valence-electron chi connectivity index (χ1n) is 5.83. The Bertz CT molecular complexity index is 855. The van der Waals surface area contributed by atoms with Crippen LogP contribution in [0.25, 0.3) is 16.4 Å². The number of carbonyl (C=O) groups is 2. The fourth-order valence-electron chi connectivity index (χ4n) is 1.95. The highest BCUT2D eigenvalue weighted by Crippen LogP contribution is 2.24. The van der Waals surface area contributed by atoms with Gasteiger partial charge in [-0.15, -0.1) is 11.3 Å². The van der Waals surface area contributed by atoms with Gasteiger partial charge in [-0.1, -0.05) is 12.1 Å². The van der Waals surface area contributed by atoms with Gasteiger partial charge in [-0.2, -0.15) is 0 Å². The van der Waals surface area contributed by atoms with Gasteiger partial charge in [0.1, 0.15) is 11.3 Å². The number of hydrogen-bond donors (Lipinski definition) is 0. The first-order chi connectivity index (χ1) is 9.56. The SMILES string of the molecule is CC1=CC(=O)/C(=C/n2c(=S)sc3ccccc32)C(=O)O1. The number of thiazole rings is 1. The van der Waals surface area contributed by atoms with Crippen molar-refractivity contribution in [3.63, 3.8) is 0 Å². The lowest BCUT2D eigenvalue weighted by molar-refractivity contribution is -0.137. The number of fused-ring (bicyclic) bond motifs is 1. The summed E-state index contributed by atoms with van der Waals surface area (Å²) < 4.78 is 8.20. The van der Waals surface area contributed by atoms with Crippen LogP contribution in [0.2, 0.25) is 0 Å². The van der Waals surface area contributed by atoms with Crippen LogP contribution in [0.4, 0.5) is 0 Å². The van der Waals surface area contributed by atoms with E-state index in [9.17, 15) is 9.59 Å². The van der Waals surface area contributed by atoms with Gasteiger partial charge in [-0.05, 0) is 31.3 Å². The number of hydrogen-bond acceptors (Lipinski definition) is 5. The van der Waals surface area contributed by atoms with Gasteiger partial charge < -0.3 is 4.74 Å². The molecule has 0 spiro atoms. The van der Waals surface area contributed by atoms with E-state index in [0.29, 0.717) is 9.71 Å². The molecule has 1 aliphatic rings. The fourth-order valence-corrected chi connectivity index (χ4v) is 3.22. The number of cyclic esters (lactones) is 1. The van der Waals surface area contributed by atoms with Crippen LogP contribution in [0.1, 0.15) is 6.92 Å². The van der Waals surface area contributed by atoms with Crippen LogP contribution >= 0.6 is 23.6 Å². The molecule has 0 atom stereocenters. The van der Waals surface area contributed by atoms with Crippen molar-refractivity contribution in [1.29, 1.82) is 0 Å². The molecule has 0 unspecified atom stereocenters. The molecule has 0 radical (unpaired) electrons. The number of nitrogens with zero attached hydrogens (tertiary/aromatic N) is 1. The molecule has 20 heavy (non-hydrogen) atoms. The average molecular weight is 303 g/mol. The highest BCUT2D eigenvalue weighted by atomic mass is 32.1. The zero-order valence-electron chi connectivity index (χ0n) is 10.5. The summed E-state index contributed by atoms with van der Waals surface area (Å²) in [4.78, 5) is 23.7. The Morgan fingerprint density at radius 3 is 2.80 bits per heavy atom. The molecule has 0 aliphatic carbocycles. The molecule has 2 aromatic rings. The van der Waals surface area contributed by atoms with Crippen LogP contribution in [0.3, 0.4) is 0 Å². The monoisotopic (exact) mass is 303 g/mol. The first-order valence-corrected chi connectivity index (χ1v) is 7.05. The molecule has 0 saturated heterocycles. The second-order valence-electron chi connectivity index (χ2n) is 4.26. The number of para-hydroxylation sites is 1. The number of ketones is 1. The van der Waals surface area contributed by atoms with Crippen molar-refractivity contribution in [2.45, 2.75) is 6.92 Å². The molecule has 2 heterocycles. The van der Waals surface area contributed by atoms with Gasteiger partial charge in [0.25, 0.3) is 0 Å². The summed E-state index contributed by atoms with van der Waals surface area (Å²) in [6.07, 6.45) is 2.75. The van der Waals surface area contributed by atoms with E-state index in [0.717, 1.165) is 10.2 Å². The lowest BCUT2D eigenvalue weighted by Gasteiger charge is -2.11. The number of rotatable bonds is 1. The van der Waals surface area contributed by atoms with Gasteiger partial charge in [0, 0.05) is 12.3 Å². The van der Waals surface area contributed by atoms with Crippen LogP contribution in [0.15, 0.2) is 41.7 Å². The van der Waals surface area contributed by atoms with E-state index in [1.165, 1.54) is 23.6 Å². The molecular weight excluding hydrogens is 294 g/mol. The Balaban J connectivity index is 2.20. The third-order valence-electron chi connectivity index (χ3n) is 2.85. The minimum absolute atomic E-state index is 0.0183. The molecule has 100 valence electrons. The maximum atomic E-state index is 11.9. The zero-order chi connectivity index (χ0) is 14.3. The molecule has 0 saturated carbocycles. The molecular formula is C14H9NO3S2. The summed E-state index contributed by atoms with van der Waals surface area (Å²) in [6, 6.07) is 7.62. The highest BCUT2D eigenvalue weighted by molar-refractivity contribution is 7.73. The molecule has 1 aliphatic heterocycles. The van der Waals surface area contributed by atoms with Crippen molar-refractivity contribution in [1.82, 2.24) is 4.57 Å². The van der Waals surface area contributed by atoms with E-state index in [-0.39, 0.29) is 11.4 Å². The second kappa shape index (κ2) is 4.81. The van der Waals surface area contributed by atoms with Crippen molar-refractivity contribution in [2.24, 2.45) is 0 Å². The van der Waals surface area contributed by atoms with Gasteiger partial charge in [-0.3, -0.25) is 9.36 Å².